The van der Waals surface area contributed by atoms with Gasteiger partial charge in [0.1, 0.15) is 12.4 Å². The van der Waals surface area contributed by atoms with Crippen molar-refractivity contribution < 1.29 is 4.74 Å². The maximum Gasteiger partial charge on any atom is 0.121 e. The van der Waals surface area contributed by atoms with E-state index >= 15 is 0 Å². The fraction of sp³-hybridized carbons (Fsp3) is 0.294. The molecule has 0 aliphatic rings. The monoisotopic (exact) mass is 270 g/mol. The van der Waals surface area contributed by atoms with Crippen molar-refractivity contribution in [3.63, 3.8) is 0 Å². The summed E-state index contributed by atoms with van der Waals surface area (Å²) in [6.07, 6.45) is 1.07. The van der Waals surface area contributed by atoms with Gasteiger partial charge in [-0.3, -0.25) is 0 Å². The van der Waals surface area contributed by atoms with Crippen LogP contribution in [0, 0.1) is 0 Å². The summed E-state index contributed by atoms with van der Waals surface area (Å²) in [5, 5.41) is 0. The molecule has 0 spiro atoms. The second-order valence-corrected chi connectivity index (χ2v) is 4.96. The molecular formula is C17H22N2O. The SMILES string of the molecule is CN(CCOc1cccc(N)c1)CCc1ccccc1. The molecule has 20 heavy (non-hydrogen) atoms. The second-order valence-electron chi connectivity index (χ2n) is 4.96. The Labute approximate surface area is 121 Å². The lowest BCUT2D eigenvalue weighted by molar-refractivity contribution is 0.239. The van der Waals surface area contributed by atoms with Crippen LogP contribution < -0.4 is 10.5 Å². The molecule has 0 heterocycles. The number of nitrogens with two attached hydrogens (primary N) is 1. The fourth-order valence-electron chi connectivity index (χ4n) is 2.00. The molecule has 3 nitrogen and oxygen atoms in total. The van der Waals surface area contributed by atoms with Crippen LogP contribution in [0.1, 0.15) is 5.56 Å². The van der Waals surface area contributed by atoms with Gasteiger partial charge in [0.15, 0.2) is 0 Å². The van der Waals surface area contributed by atoms with Gasteiger partial charge in [-0.1, -0.05) is 36.4 Å². The summed E-state index contributed by atoms with van der Waals surface area (Å²) in [6, 6.07) is 18.1. The maximum atomic E-state index is 5.71. The van der Waals surface area contributed by atoms with E-state index in [-0.39, 0.29) is 0 Å². The minimum Gasteiger partial charge on any atom is -0.492 e. The third-order valence-corrected chi connectivity index (χ3v) is 3.22. The number of nitrogens with zero attached hydrogens (tertiary/aromatic N) is 1. The molecule has 0 fully saturated rings. The highest BCUT2D eigenvalue weighted by Gasteiger charge is 2.00. The van der Waals surface area contributed by atoms with Crippen LogP contribution >= 0.6 is 0 Å². The van der Waals surface area contributed by atoms with E-state index in [1.807, 2.05) is 30.3 Å². The third kappa shape index (κ3) is 4.94. The molecule has 0 bridgehead atoms. The van der Waals surface area contributed by atoms with E-state index in [0.29, 0.717) is 6.61 Å². The molecule has 2 aromatic rings. The first-order valence-electron chi connectivity index (χ1n) is 6.95. The molecular weight excluding hydrogens is 248 g/mol. The molecule has 0 unspecified atom stereocenters. The molecule has 0 aromatic heterocycles. The lowest BCUT2D eigenvalue weighted by Crippen LogP contribution is -2.26. The summed E-state index contributed by atoms with van der Waals surface area (Å²) in [4.78, 5) is 2.28. The van der Waals surface area contributed by atoms with Crippen LogP contribution in [0.5, 0.6) is 5.75 Å². The van der Waals surface area contributed by atoms with E-state index in [4.69, 9.17) is 10.5 Å². The zero-order valence-electron chi connectivity index (χ0n) is 12.0. The van der Waals surface area contributed by atoms with Crippen LogP contribution in [-0.2, 0) is 6.42 Å². The van der Waals surface area contributed by atoms with Gasteiger partial charge in [0.25, 0.3) is 0 Å². The zero-order chi connectivity index (χ0) is 14.2. The zero-order valence-corrected chi connectivity index (χ0v) is 12.0. The van der Waals surface area contributed by atoms with Gasteiger partial charge in [0, 0.05) is 24.8 Å². The predicted molar refractivity (Wildman–Crippen MR) is 84.0 cm³/mol. The first-order chi connectivity index (χ1) is 9.74. The smallest absolute Gasteiger partial charge is 0.121 e. The lowest BCUT2D eigenvalue weighted by atomic mass is 10.1. The number of ether oxygens (including phenoxy) is 1. The Hall–Kier alpha value is -2.00. The normalized spacial score (nSPS) is 10.7. The summed E-state index contributed by atoms with van der Waals surface area (Å²) in [5.41, 5.74) is 7.82. The van der Waals surface area contributed by atoms with Crippen molar-refractivity contribution in [3.05, 3.63) is 60.2 Å². The number of benzene rings is 2. The molecule has 2 aromatic carbocycles. The van der Waals surface area contributed by atoms with Crippen LogP contribution in [0.3, 0.4) is 0 Å². The highest BCUT2D eigenvalue weighted by atomic mass is 16.5. The summed E-state index contributed by atoms with van der Waals surface area (Å²) in [6.45, 7) is 2.61. The number of hydrogen-bond acceptors (Lipinski definition) is 3. The largest absolute Gasteiger partial charge is 0.492 e. The van der Waals surface area contributed by atoms with E-state index in [0.717, 1.165) is 30.9 Å². The Morgan fingerprint density at radius 1 is 1.00 bits per heavy atom. The second kappa shape index (κ2) is 7.56. The van der Waals surface area contributed by atoms with Gasteiger partial charge >= 0.3 is 0 Å². The van der Waals surface area contributed by atoms with Crippen LogP contribution in [0.15, 0.2) is 54.6 Å². The van der Waals surface area contributed by atoms with Crippen LogP contribution in [0.25, 0.3) is 0 Å². The van der Waals surface area contributed by atoms with Gasteiger partial charge < -0.3 is 15.4 Å². The molecule has 106 valence electrons. The highest BCUT2D eigenvalue weighted by Crippen LogP contribution is 2.14. The molecule has 2 rings (SSSR count). The quantitative estimate of drug-likeness (QED) is 0.786. The van der Waals surface area contributed by atoms with Crippen molar-refractivity contribution in [2.45, 2.75) is 6.42 Å². The van der Waals surface area contributed by atoms with Crippen molar-refractivity contribution in [1.82, 2.24) is 4.90 Å². The van der Waals surface area contributed by atoms with Gasteiger partial charge in [0.2, 0.25) is 0 Å². The minimum atomic E-state index is 0.675. The maximum absolute atomic E-state index is 5.71. The molecule has 2 N–H and O–H groups in total. The van der Waals surface area contributed by atoms with Crippen molar-refractivity contribution >= 4 is 5.69 Å². The lowest BCUT2D eigenvalue weighted by Gasteiger charge is -2.17. The molecule has 0 saturated heterocycles. The summed E-state index contributed by atoms with van der Waals surface area (Å²) in [5.74, 6) is 0.835. The van der Waals surface area contributed by atoms with Crippen LogP contribution in [0.2, 0.25) is 0 Å². The number of likely N-dealkylation sites (N-methyl/N-ethyl adjacent to an activating group) is 1. The Morgan fingerprint density at radius 3 is 2.55 bits per heavy atom. The van der Waals surface area contributed by atoms with Crippen molar-refractivity contribution in [1.29, 1.82) is 0 Å². The molecule has 0 aliphatic carbocycles. The van der Waals surface area contributed by atoms with Gasteiger partial charge in [0.05, 0.1) is 0 Å². The molecule has 0 saturated carbocycles. The highest BCUT2D eigenvalue weighted by molar-refractivity contribution is 5.43. The van der Waals surface area contributed by atoms with Gasteiger partial charge in [-0.05, 0) is 31.2 Å². The number of rotatable bonds is 7. The summed E-state index contributed by atoms with van der Waals surface area (Å²) in [7, 11) is 2.12. The summed E-state index contributed by atoms with van der Waals surface area (Å²) >= 11 is 0. The Bertz CT molecular complexity index is 513. The molecule has 0 aliphatic heterocycles. The molecule has 0 atom stereocenters. The molecule has 0 amide bonds. The minimum absolute atomic E-state index is 0.675. The Balaban J connectivity index is 1.66. The summed E-state index contributed by atoms with van der Waals surface area (Å²) < 4.78 is 5.69. The van der Waals surface area contributed by atoms with Gasteiger partial charge in [-0.2, -0.15) is 0 Å². The van der Waals surface area contributed by atoms with Gasteiger partial charge in [-0.25, -0.2) is 0 Å². The van der Waals surface area contributed by atoms with E-state index < -0.39 is 0 Å². The molecule has 0 radical (unpaired) electrons. The number of anilines is 1. The Morgan fingerprint density at radius 2 is 1.80 bits per heavy atom. The first-order valence-corrected chi connectivity index (χ1v) is 6.95. The number of hydrogen-bond donors (Lipinski definition) is 1. The first kappa shape index (κ1) is 14.4. The van der Waals surface area contributed by atoms with E-state index in [2.05, 4.69) is 36.2 Å². The van der Waals surface area contributed by atoms with E-state index in [1.54, 1.807) is 0 Å². The average molecular weight is 270 g/mol. The van der Waals surface area contributed by atoms with E-state index in [1.165, 1.54) is 5.56 Å². The van der Waals surface area contributed by atoms with Crippen LogP contribution in [0.4, 0.5) is 5.69 Å². The molecule has 3 heteroatoms. The van der Waals surface area contributed by atoms with Crippen molar-refractivity contribution in [2.24, 2.45) is 0 Å². The van der Waals surface area contributed by atoms with Crippen LogP contribution in [-0.4, -0.2) is 31.6 Å². The topological polar surface area (TPSA) is 38.5 Å². The van der Waals surface area contributed by atoms with E-state index in [9.17, 15) is 0 Å². The van der Waals surface area contributed by atoms with Crippen molar-refractivity contribution in [3.8, 4) is 5.75 Å². The standard InChI is InChI=1S/C17H22N2O/c1-19(11-10-15-6-3-2-4-7-15)12-13-20-17-9-5-8-16(18)14-17/h2-9,14H,10-13,18H2,1H3. The average Bonchev–Trinajstić information content (AvgIpc) is 2.46. The van der Waals surface area contributed by atoms with Gasteiger partial charge in [-0.15, -0.1) is 0 Å². The third-order valence-electron chi connectivity index (χ3n) is 3.22. The predicted octanol–water partition coefficient (Wildman–Crippen LogP) is 2.82. The number of nitrogen functional groups attached to an aromatic ring is 1. The van der Waals surface area contributed by atoms with Crippen molar-refractivity contribution in [2.75, 3.05) is 32.5 Å². The Kier molecular flexibility index (Phi) is 5.44. The fourth-order valence-corrected chi connectivity index (χ4v) is 2.00.